The molecule has 52 valence electrons. The lowest BCUT2D eigenvalue weighted by Crippen LogP contribution is -1.80. The molecule has 0 bridgehead atoms. The minimum absolute atomic E-state index is 0.805. The predicted molar refractivity (Wildman–Crippen MR) is 38.9 cm³/mol. The average Bonchev–Trinajstić information content (AvgIpc) is 1.89. The van der Waals surface area contributed by atoms with Gasteiger partial charge in [-0.1, -0.05) is 12.1 Å². The van der Waals surface area contributed by atoms with Crippen molar-refractivity contribution in [1.29, 1.82) is 0 Å². The number of hydrogen-bond donors (Lipinski definition) is 0. The second-order valence-electron chi connectivity index (χ2n) is 1.48. The molecular formula is C6H12N2O. The van der Waals surface area contributed by atoms with Crippen molar-refractivity contribution in [2.75, 3.05) is 6.54 Å². The van der Waals surface area contributed by atoms with Crippen molar-refractivity contribution in [1.82, 2.24) is 0 Å². The van der Waals surface area contributed by atoms with Crippen LogP contribution >= 0.6 is 0 Å². The van der Waals surface area contributed by atoms with E-state index in [1.807, 2.05) is 0 Å². The fraction of sp³-hybridized carbons (Fsp3) is 0.667. The van der Waals surface area contributed by atoms with E-state index in [2.05, 4.69) is 21.9 Å². The van der Waals surface area contributed by atoms with Crippen LogP contribution in [-0.2, 0) is 4.84 Å². The minimum Gasteiger partial charge on any atom is -0.345 e. The van der Waals surface area contributed by atoms with E-state index in [4.69, 9.17) is 0 Å². The van der Waals surface area contributed by atoms with Crippen LogP contribution in [0.5, 0.6) is 0 Å². The van der Waals surface area contributed by atoms with Gasteiger partial charge < -0.3 is 4.84 Å². The molecule has 9 heavy (non-hydrogen) atoms. The van der Waals surface area contributed by atoms with Crippen molar-refractivity contribution in [3.05, 3.63) is 0 Å². The molecule has 0 rings (SSSR count). The average molecular weight is 128 g/mol. The largest absolute Gasteiger partial charge is 0.345 e. The van der Waals surface area contributed by atoms with Crippen LogP contribution in [0.4, 0.5) is 0 Å². The third-order valence-electron chi connectivity index (χ3n) is 0.641. The molecule has 0 heterocycles. The summed E-state index contributed by atoms with van der Waals surface area (Å²) in [5.74, 6) is 0. The number of oxime groups is 1. The molecule has 0 saturated carbocycles. The Morgan fingerprint density at radius 2 is 2.33 bits per heavy atom. The van der Waals surface area contributed by atoms with Gasteiger partial charge in [0.1, 0.15) is 0 Å². The first kappa shape index (κ1) is 8.14. The standard InChI is InChI=1S/C6H12N2O/c1-3-5-7-6-9-8-4-2/h4,6H,3,5H2,1-2H3/b7-6?,8-4-. The molecule has 0 aliphatic rings. The molecule has 0 unspecified atom stereocenters. The summed E-state index contributed by atoms with van der Waals surface area (Å²) in [6, 6.07) is 0. The summed E-state index contributed by atoms with van der Waals surface area (Å²) < 4.78 is 0. The normalized spacial score (nSPS) is 11.3. The molecule has 0 amide bonds. The Hall–Kier alpha value is -0.860. The van der Waals surface area contributed by atoms with Crippen molar-refractivity contribution in [3.8, 4) is 0 Å². The number of aliphatic imine (C=N–C) groups is 1. The molecule has 0 spiro atoms. The second-order valence-corrected chi connectivity index (χ2v) is 1.48. The third-order valence-corrected chi connectivity index (χ3v) is 0.641. The summed E-state index contributed by atoms with van der Waals surface area (Å²) in [6.45, 7) is 4.65. The fourth-order valence-corrected chi connectivity index (χ4v) is 0.303. The molecule has 0 radical (unpaired) electrons. The van der Waals surface area contributed by atoms with Gasteiger partial charge in [0.05, 0.1) is 0 Å². The summed E-state index contributed by atoms with van der Waals surface area (Å²) >= 11 is 0. The quantitative estimate of drug-likeness (QED) is 0.320. The van der Waals surface area contributed by atoms with Gasteiger partial charge in [0.25, 0.3) is 0 Å². The van der Waals surface area contributed by atoms with Crippen LogP contribution in [0.25, 0.3) is 0 Å². The van der Waals surface area contributed by atoms with Crippen molar-refractivity contribution in [2.24, 2.45) is 10.1 Å². The van der Waals surface area contributed by atoms with Crippen LogP contribution in [0.15, 0.2) is 10.1 Å². The maximum atomic E-state index is 4.56. The Morgan fingerprint density at radius 3 is 2.89 bits per heavy atom. The molecule has 0 atom stereocenters. The summed E-state index contributed by atoms with van der Waals surface area (Å²) in [6.07, 6.45) is 3.96. The van der Waals surface area contributed by atoms with E-state index in [1.54, 1.807) is 13.1 Å². The molecule has 0 N–H and O–H groups in total. The van der Waals surface area contributed by atoms with E-state index in [0.717, 1.165) is 13.0 Å². The van der Waals surface area contributed by atoms with Crippen molar-refractivity contribution in [2.45, 2.75) is 20.3 Å². The van der Waals surface area contributed by atoms with Crippen molar-refractivity contribution < 1.29 is 4.84 Å². The molecular weight excluding hydrogens is 116 g/mol. The van der Waals surface area contributed by atoms with E-state index in [0.29, 0.717) is 0 Å². The van der Waals surface area contributed by atoms with E-state index < -0.39 is 0 Å². The van der Waals surface area contributed by atoms with E-state index >= 15 is 0 Å². The lowest BCUT2D eigenvalue weighted by atomic mass is 10.5. The van der Waals surface area contributed by atoms with Gasteiger partial charge in [-0.25, -0.2) is 0 Å². The summed E-state index contributed by atoms with van der Waals surface area (Å²) in [4.78, 5) is 8.43. The Kier molecular flexibility index (Phi) is 6.46. The highest BCUT2D eigenvalue weighted by molar-refractivity contribution is 5.54. The summed E-state index contributed by atoms with van der Waals surface area (Å²) in [5.41, 5.74) is 0. The Labute approximate surface area is 55.4 Å². The second kappa shape index (κ2) is 7.14. The SMILES string of the molecule is C/C=N\OC=NCCC. The molecule has 0 aromatic rings. The smallest absolute Gasteiger partial charge is 0.207 e. The highest BCUT2D eigenvalue weighted by Crippen LogP contribution is 1.75. The van der Waals surface area contributed by atoms with Crippen molar-refractivity contribution in [3.63, 3.8) is 0 Å². The molecule has 0 aliphatic carbocycles. The van der Waals surface area contributed by atoms with Crippen LogP contribution < -0.4 is 0 Å². The monoisotopic (exact) mass is 128 g/mol. The molecule has 0 aliphatic heterocycles. The van der Waals surface area contributed by atoms with E-state index in [1.165, 1.54) is 6.40 Å². The van der Waals surface area contributed by atoms with Crippen LogP contribution in [0.3, 0.4) is 0 Å². The van der Waals surface area contributed by atoms with Gasteiger partial charge in [-0.2, -0.15) is 0 Å². The minimum atomic E-state index is 0.805. The van der Waals surface area contributed by atoms with Crippen LogP contribution in [0.2, 0.25) is 0 Å². The Bertz CT molecular complexity index is 99.2. The third kappa shape index (κ3) is 7.14. The van der Waals surface area contributed by atoms with Crippen LogP contribution in [0, 0.1) is 0 Å². The van der Waals surface area contributed by atoms with Crippen molar-refractivity contribution >= 4 is 12.6 Å². The number of rotatable bonds is 4. The molecule has 0 aromatic carbocycles. The zero-order valence-corrected chi connectivity index (χ0v) is 5.87. The van der Waals surface area contributed by atoms with Gasteiger partial charge in [0.2, 0.25) is 6.40 Å². The Balaban J connectivity index is 3.04. The van der Waals surface area contributed by atoms with Gasteiger partial charge in [0.15, 0.2) is 0 Å². The van der Waals surface area contributed by atoms with E-state index in [-0.39, 0.29) is 0 Å². The first-order valence-corrected chi connectivity index (χ1v) is 3.04. The zero-order chi connectivity index (χ0) is 6.95. The fourth-order valence-electron chi connectivity index (χ4n) is 0.303. The maximum Gasteiger partial charge on any atom is 0.207 e. The Morgan fingerprint density at radius 1 is 1.56 bits per heavy atom. The first-order valence-electron chi connectivity index (χ1n) is 3.04. The van der Waals surface area contributed by atoms with Gasteiger partial charge >= 0.3 is 0 Å². The molecule has 3 heteroatoms. The zero-order valence-electron chi connectivity index (χ0n) is 5.87. The topological polar surface area (TPSA) is 34.0 Å². The molecule has 0 aromatic heterocycles. The summed E-state index contributed by atoms with van der Waals surface area (Å²) in [7, 11) is 0. The van der Waals surface area contributed by atoms with Crippen LogP contribution in [-0.4, -0.2) is 19.2 Å². The molecule has 0 fully saturated rings. The highest BCUT2D eigenvalue weighted by Gasteiger charge is 1.70. The van der Waals surface area contributed by atoms with Crippen LogP contribution in [0.1, 0.15) is 20.3 Å². The molecule has 0 saturated heterocycles. The number of hydrogen-bond acceptors (Lipinski definition) is 3. The molecule has 3 nitrogen and oxygen atoms in total. The maximum absolute atomic E-state index is 4.56. The first-order chi connectivity index (χ1) is 4.41. The van der Waals surface area contributed by atoms with Gasteiger partial charge in [-0.15, -0.1) is 0 Å². The van der Waals surface area contributed by atoms with Gasteiger partial charge in [-0.05, 0) is 13.3 Å². The van der Waals surface area contributed by atoms with Gasteiger partial charge in [0, 0.05) is 12.8 Å². The van der Waals surface area contributed by atoms with Gasteiger partial charge in [-0.3, -0.25) is 4.99 Å². The summed E-state index contributed by atoms with van der Waals surface area (Å²) in [5, 5.41) is 3.47. The highest BCUT2D eigenvalue weighted by atomic mass is 16.6. The predicted octanol–water partition coefficient (Wildman–Crippen LogP) is 1.45. The van der Waals surface area contributed by atoms with E-state index in [9.17, 15) is 0 Å². The number of nitrogens with zero attached hydrogens (tertiary/aromatic N) is 2. The lowest BCUT2D eigenvalue weighted by Gasteiger charge is -1.84. The lowest BCUT2D eigenvalue weighted by molar-refractivity contribution is 0.345.